The second-order valence-electron chi connectivity index (χ2n) is 14.1. The molecule has 4 atom stereocenters. The smallest absolute Gasteiger partial charge is 0.261 e. The third kappa shape index (κ3) is 12.3. The van der Waals surface area contributed by atoms with Crippen LogP contribution in [-0.4, -0.2) is 49.6 Å². The number of benzene rings is 2. The van der Waals surface area contributed by atoms with Gasteiger partial charge in [0.25, 0.3) is 8.32 Å². The summed E-state index contributed by atoms with van der Waals surface area (Å²) in [7, 11) is -2.63. The molecule has 0 spiro atoms. The molecule has 0 aliphatic carbocycles. The van der Waals surface area contributed by atoms with Gasteiger partial charge in [-0.3, -0.25) is 0 Å². The van der Waals surface area contributed by atoms with Crippen molar-refractivity contribution < 1.29 is 19.4 Å². The summed E-state index contributed by atoms with van der Waals surface area (Å²) in [4.78, 5) is 0. The van der Waals surface area contributed by atoms with Crippen LogP contribution in [0, 0.1) is 11.8 Å². The summed E-state index contributed by atoms with van der Waals surface area (Å²) in [5.41, 5.74) is 0. The first kappa shape index (κ1) is 37.5. The summed E-state index contributed by atoms with van der Waals surface area (Å²) in [6.07, 6.45) is 16.6. The van der Waals surface area contributed by atoms with E-state index in [0.29, 0.717) is 6.61 Å². The van der Waals surface area contributed by atoms with Gasteiger partial charge in [0, 0.05) is 12.8 Å². The van der Waals surface area contributed by atoms with E-state index in [1.54, 1.807) is 0 Å². The minimum atomic E-state index is -2.63. The summed E-state index contributed by atoms with van der Waals surface area (Å²) in [6.45, 7) is 9.59. The van der Waals surface area contributed by atoms with Gasteiger partial charge in [-0.25, -0.2) is 0 Å². The standard InChI is InChI=1S/C40H62O4Si/c1-5-6-7-8-9-10-11-12-13-14-15-16-17-20-25-34(41)32-38(42)39-31-30-35(44-39)33-43-45(40(2,3)4,36-26-21-18-22-27-36)37-28-23-19-24-29-37/h18-19,21-24,26-29,34-35,38-39,41-42H,5-17,30-33H2,1-4H3/t34-,35-,38-,39-/m0/s1. The van der Waals surface area contributed by atoms with Crippen LogP contribution in [0.4, 0.5) is 0 Å². The van der Waals surface area contributed by atoms with Crippen LogP contribution in [0.25, 0.3) is 0 Å². The van der Waals surface area contributed by atoms with Crippen LogP contribution >= 0.6 is 0 Å². The molecule has 0 bridgehead atoms. The minimum absolute atomic E-state index is 0.0830. The van der Waals surface area contributed by atoms with Crippen LogP contribution in [0.2, 0.25) is 5.04 Å². The zero-order valence-corrected chi connectivity index (χ0v) is 29.8. The molecule has 250 valence electrons. The average molecular weight is 635 g/mol. The maximum absolute atomic E-state index is 10.9. The van der Waals surface area contributed by atoms with Crippen LogP contribution in [0.15, 0.2) is 60.7 Å². The average Bonchev–Trinajstić information content (AvgIpc) is 3.51. The van der Waals surface area contributed by atoms with Gasteiger partial charge in [-0.1, -0.05) is 165 Å². The molecule has 5 heteroatoms. The highest BCUT2D eigenvalue weighted by Gasteiger charge is 2.50. The molecule has 1 aliphatic rings. The summed E-state index contributed by atoms with van der Waals surface area (Å²) in [5.74, 6) is 6.10. The van der Waals surface area contributed by atoms with Crippen LogP contribution in [0.5, 0.6) is 0 Å². The summed E-state index contributed by atoms with van der Waals surface area (Å²) in [6, 6.07) is 21.3. The summed E-state index contributed by atoms with van der Waals surface area (Å²) >= 11 is 0. The Morgan fingerprint density at radius 2 is 1.29 bits per heavy atom. The van der Waals surface area contributed by atoms with Gasteiger partial charge in [-0.05, 0) is 34.7 Å². The van der Waals surface area contributed by atoms with Crippen molar-refractivity contribution in [1.82, 2.24) is 0 Å². The van der Waals surface area contributed by atoms with E-state index in [9.17, 15) is 10.2 Å². The van der Waals surface area contributed by atoms with Gasteiger partial charge >= 0.3 is 0 Å². The SMILES string of the molecule is CCCCCCCCCCCCCCC#C[C@H](O)C[C@H](O)[C@@H]1CC[C@@H](CO[Si](c2ccccc2)(c2ccccc2)C(C)(C)C)O1. The van der Waals surface area contributed by atoms with E-state index < -0.39 is 20.5 Å². The fourth-order valence-electron chi connectivity index (χ4n) is 6.80. The zero-order chi connectivity index (χ0) is 32.4. The van der Waals surface area contributed by atoms with E-state index in [-0.39, 0.29) is 23.7 Å². The Labute approximate surface area is 276 Å². The molecule has 1 saturated heterocycles. The molecule has 0 aromatic heterocycles. The lowest BCUT2D eigenvalue weighted by molar-refractivity contribution is -0.0567. The maximum Gasteiger partial charge on any atom is 0.261 e. The molecule has 2 aromatic rings. The Kier molecular flexibility index (Phi) is 16.9. The predicted molar refractivity (Wildman–Crippen MR) is 192 cm³/mol. The molecule has 1 aliphatic heterocycles. The lowest BCUT2D eigenvalue weighted by Gasteiger charge is -2.43. The maximum atomic E-state index is 10.9. The van der Waals surface area contributed by atoms with Crippen LogP contribution in [0.1, 0.15) is 130 Å². The van der Waals surface area contributed by atoms with Crippen molar-refractivity contribution in [2.24, 2.45) is 0 Å². The van der Waals surface area contributed by atoms with Crippen molar-refractivity contribution in [2.45, 2.75) is 160 Å². The largest absolute Gasteiger partial charge is 0.405 e. The van der Waals surface area contributed by atoms with Crippen LogP contribution in [0.3, 0.4) is 0 Å². The quantitative estimate of drug-likeness (QED) is 0.0874. The molecule has 3 rings (SSSR count). The number of aliphatic hydroxyl groups excluding tert-OH is 2. The topological polar surface area (TPSA) is 58.9 Å². The van der Waals surface area contributed by atoms with Gasteiger partial charge in [-0.15, -0.1) is 5.92 Å². The molecule has 1 heterocycles. The normalized spacial score (nSPS) is 18.4. The first-order chi connectivity index (χ1) is 21.8. The third-order valence-electron chi connectivity index (χ3n) is 9.36. The Bertz CT molecular complexity index is 1060. The van der Waals surface area contributed by atoms with Crippen molar-refractivity contribution in [1.29, 1.82) is 0 Å². The van der Waals surface area contributed by atoms with E-state index in [2.05, 4.69) is 100 Å². The Hall–Kier alpha value is -1.94. The molecule has 0 amide bonds. The Balaban J connectivity index is 1.38. The number of hydrogen-bond acceptors (Lipinski definition) is 4. The Morgan fingerprint density at radius 3 is 1.80 bits per heavy atom. The van der Waals surface area contributed by atoms with E-state index in [1.807, 2.05) is 0 Å². The summed E-state index contributed by atoms with van der Waals surface area (Å²) in [5, 5.41) is 23.8. The molecular formula is C40H62O4Si. The minimum Gasteiger partial charge on any atom is -0.405 e. The van der Waals surface area contributed by atoms with Crippen molar-refractivity contribution >= 4 is 18.7 Å². The lowest BCUT2D eigenvalue weighted by atomic mass is 10.0. The third-order valence-corrected chi connectivity index (χ3v) is 14.4. The highest BCUT2D eigenvalue weighted by molar-refractivity contribution is 6.99. The summed E-state index contributed by atoms with van der Waals surface area (Å²) < 4.78 is 13.4. The second kappa shape index (κ2) is 20.3. The van der Waals surface area contributed by atoms with Crippen molar-refractivity contribution in [3.05, 3.63) is 60.7 Å². The molecule has 4 nitrogen and oxygen atoms in total. The number of unbranched alkanes of at least 4 members (excludes halogenated alkanes) is 12. The van der Waals surface area contributed by atoms with Gasteiger partial charge in [0.1, 0.15) is 6.10 Å². The fourth-order valence-corrected chi connectivity index (χ4v) is 11.4. The first-order valence-corrected chi connectivity index (χ1v) is 19.9. The van der Waals surface area contributed by atoms with E-state index in [4.69, 9.17) is 9.16 Å². The molecule has 0 radical (unpaired) electrons. The predicted octanol–water partition coefficient (Wildman–Crippen LogP) is 8.32. The molecule has 2 N–H and O–H groups in total. The van der Waals surface area contributed by atoms with E-state index >= 15 is 0 Å². The molecule has 1 fully saturated rings. The van der Waals surface area contributed by atoms with Crippen molar-refractivity contribution in [3.8, 4) is 11.8 Å². The first-order valence-electron chi connectivity index (χ1n) is 18.0. The number of ether oxygens (including phenoxy) is 1. The Morgan fingerprint density at radius 1 is 0.778 bits per heavy atom. The van der Waals surface area contributed by atoms with Crippen molar-refractivity contribution in [2.75, 3.05) is 6.61 Å². The zero-order valence-electron chi connectivity index (χ0n) is 28.8. The van der Waals surface area contributed by atoms with Gasteiger partial charge in [-0.2, -0.15) is 0 Å². The molecule has 0 saturated carbocycles. The van der Waals surface area contributed by atoms with E-state index in [1.165, 1.54) is 81.0 Å². The van der Waals surface area contributed by atoms with Crippen LogP contribution in [-0.2, 0) is 9.16 Å². The lowest BCUT2D eigenvalue weighted by Crippen LogP contribution is -2.67. The molecule has 2 aromatic carbocycles. The molecule has 45 heavy (non-hydrogen) atoms. The van der Waals surface area contributed by atoms with Gasteiger partial charge in [0.2, 0.25) is 0 Å². The van der Waals surface area contributed by atoms with E-state index in [0.717, 1.165) is 25.7 Å². The fraction of sp³-hybridized carbons (Fsp3) is 0.650. The van der Waals surface area contributed by atoms with Crippen molar-refractivity contribution in [3.63, 3.8) is 0 Å². The van der Waals surface area contributed by atoms with Gasteiger partial charge < -0.3 is 19.4 Å². The van der Waals surface area contributed by atoms with Gasteiger partial charge in [0.15, 0.2) is 0 Å². The van der Waals surface area contributed by atoms with Gasteiger partial charge in [0.05, 0.1) is 24.9 Å². The second-order valence-corrected chi connectivity index (χ2v) is 18.4. The molecular weight excluding hydrogens is 573 g/mol. The number of rotatable bonds is 20. The molecule has 0 unspecified atom stereocenters. The number of aliphatic hydroxyl groups is 2. The monoisotopic (exact) mass is 634 g/mol. The number of hydrogen-bond donors (Lipinski definition) is 2. The highest BCUT2D eigenvalue weighted by atomic mass is 28.4. The highest BCUT2D eigenvalue weighted by Crippen LogP contribution is 2.37. The van der Waals surface area contributed by atoms with Crippen LogP contribution < -0.4 is 10.4 Å².